The van der Waals surface area contributed by atoms with E-state index in [4.69, 9.17) is 4.42 Å². The lowest BCUT2D eigenvalue weighted by Gasteiger charge is -2.07. The Morgan fingerprint density at radius 1 is 1.12 bits per heavy atom. The van der Waals surface area contributed by atoms with Gasteiger partial charge in [0, 0.05) is 43.7 Å². The smallest absolute Gasteiger partial charge is 0.408 e. The van der Waals surface area contributed by atoms with Crippen LogP contribution in [0.1, 0.15) is 5.56 Å². The molecular formula is C19H18N4O2. The summed E-state index contributed by atoms with van der Waals surface area (Å²) in [5.74, 6) is -0.356. The van der Waals surface area contributed by atoms with Crippen molar-refractivity contribution >= 4 is 16.8 Å². The number of fused-ring (bicyclic) bond motifs is 1. The lowest BCUT2D eigenvalue weighted by Crippen LogP contribution is -2.08. The van der Waals surface area contributed by atoms with E-state index < -0.39 is 0 Å². The Hall–Kier alpha value is -3.28. The second-order valence-electron chi connectivity index (χ2n) is 6.01. The Kier molecular flexibility index (Phi) is 3.65. The van der Waals surface area contributed by atoms with Gasteiger partial charge < -0.3 is 9.73 Å². The summed E-state index contributed by atoms with van der Waals surface area (Å²) >= 11 is 0. The molecule has 126 valence electrons. The van der Waals surface area contributed by atoms with Gasteiger partial charge in [0.25, 0.3) is 0 Å². The molecule has 2 heterocycles. The molecule has 0 radical (unpaired) electrons. The molecule has 0 atom stereocenters. The van der Waals surface area contributed by atoms with E-state index in [1.165, 1.54) is 4.57 Å². The van der Waals surface area contributed by atoms with Crippen molar-refractivity contribution in [3.05, 3.63) is 70.8 Å². The van der Waals surface area contributed by atoms with E-state index in [0.717, 1.165) is 28.0 Å². The fraction of sp³-hybridized carbons (Fsp3) is 0.158. The van der Waals surface area contributed by atoms with Crippen LogP contribution in [0.2, 0.25) is 0 Å². The molecule has 0 aliphatic carbocycles. The highest BCUT2D eigenvalue weighted by Crippen LogP contribution is 2.23. The number of hydrogen-bond donors (Lipinski definition) is 1. The van der Waals surface area contributed by atoms with Gasteiger partial charge in [0.1, 0.15) is 0 Å². The van der Waals surface area contributed by atoms with Gasteiger partial charge in [-0.05, 0) is 18.2 Å². The first-order valence-electron chi connectivity index (χ1n) is 8.03. The Labute approximate surface area is 144 Å². The summed E-state index contributed by atoms with van der Waals surface area (Å²) in [6.07, 6.45) is 2.02. The summed E-state index contributed by atoms with van der Waals surface area (Å²) in [6, 6.07) is 15.7. The number of anilines is 1. The molecule has 0 aliphatic heterocycles. The van der Waals surface area contributed by atoms with Gasteiger partial charge in [0.05, 0.1) is 11.2 Å². The Morgan fingerprint density at radius 3 is 2.72 bits per heavy atom. The predicted molar refractivity (Wildman–Crippen MR) is 97.4 cm³/mol. The Bertz CT molecular complexity index is 1090. The number of hydrogen-bond acceptors (Lipinski definition) is 4. The monoisotopic (exact) mass is 334 g/mol. The van der Waals surface area contributed by atoms with Crippen molar-refractivity contribution in [3.63, 3.8) is 0 Å². The average Bonchev–Trinajstić information content (AvgIpc) is 3.14. The lowest BCUT2D eigenvalue weighted by molar-refractivity contribution is 0.528. The van der Waals surface area contributed by atoms with Gasteiger partial charge in [0.15, 0.2) is 5.58 Å². The standard InChI is InChI=1S/C19H18N4O2/c1-22-12-14(18(21-22)13-6-4-3-5-7-13)11-20-15-8-9-17-16(10-15)23(2)19(24)25-17/h3-10,12,20H,11H2,1-2H3. The van der Waals surface area contributed by atoms with E-state index >= 15 is 0 Å². The molecule has 6 heteroatoms. The predicted octanol–water partition coefficient (Wildman–Crippen LogP) is 3.14. The van der Waals surface area contributed by atoms with Crippen LogP contribution in [0.3, 0.4) is 0 Å². The SMILES string of the molecule is Cn1cc(CNc2ccc3oc(=O)n(C)c3c2)c(-c2ccccc2)n1. The summed E-state index contributed by atoms with van der Waals surface area (Å²) in [5, 5.41) is 7.98. The molecule has 0 spiro atoms. The fourth-order valence-corrected chi connectivity index (χ4v) is 2.94. The van der Waals surface area contributed by atoms with Gasteiger partial charge in [-0.25, -0.2) is 4.79 Å². The normalized spacial score (nSPS) is 11.1. The summed E-state index contributed by atoms with van der Waals surface area (Å²) in [4.78, 5) is 11.6. The molecule has 2 aromatic heterocycles. The zero-order valence-electron chi connectivity index (χ0n) is 14.1. The van der Waals surface area contributed by atoms with Crippen molar-refractivity contribution in [1.82, 2.24) is 14.3 Å². The summed E-state index contributed by atoms with van der Waals surface area (Å²) in [5.41, 5.74) is 5.44. The molecule has 0 unspecified atom stereocenters. The number of nitrogens with one attached hydrogen (secondary N) is 1. The van der Waals surface area contributed by atoms with Gasteiger partial charge in [0.2, 0.25) is 0 Å². The number of aromatic nitrogens is 3. The van der Waals surface area contributed by atoms with Crippen molar-refractivity contribution in [2.24, 2.45) is 14.1 Å². The summed E-state index contributed by atoms with van der Waals surface area (Å²) in [7, 11) is 3.62. The minimum absolute atomic E-state index is 0.356. The van der Waals surface area contributed by atoms with Gasteiger partial charge in [-0.3, -0.25) is 9.25 Å². The Balaban J connectivity index is 1.62. The first-order valence-corrected chi connectivity index (χ1v) is 8.03. The van der Waals surface area contributed by atoms with Crippen LogP contribution in [0.5, 0.6) is 0 Å². The van der Waals surface area contributed by atoms with Gasteiger partial charge >= 0.3 is 5.76 Å². The first kappa shape index (κ1) is 15.3. The molecular weight excluding hydrogens is 316 g/mol. The highest BCUT2D eigenvalue weighted by Gasteiger charge is 2.11. The van der Waals surface area contributed by atoms with Crippen LogP contribution in [-0.4, -0.2) is 14.3 Å². The molecule has 0 amide bonds. The fourth-order valence-electron chi connectivity index (χ4n) is 2.94. The molecule has 6 nitrogen and oxygen atoms in total. The zero-order valence-corrected chi connectivity index (χ0v) is 14.1. The van der Waals surface area contributed by atoms with E-state index in [2.05, 4.69) is 22.5 Å². The minimum atomic E-state index is -0.356. The van der Waals surface area contributed by atoms with Crippen molar-refractivity contribution in [2.75, 3.05) is 5.32 Å². The van der Waals surface area contributed by atoms with Crippen LogP contribution < -0.4 is 11.1 Å². The topological polar surface area (TPSA) is 65.0 Å². The van der Waals surface area contributed by atoms with Crippen molar-refractivity contribution in [2.45, 2.75) is 6.54 Å². The molecule has 0 saturated carbocycles. The van der Waals surface area contributed by atoms with Gasteiger partial charge in [-0.1, -0.05) is 30.3 Å². The third kappa shape index (κ3) is 2.82. The van der Waals surface area contributed by atoms with E-state index in [1.807, 2.05) is 48.3 Å². The van der Waals surface area contributed by atoms with Crippen LogP contribution in [0.25, 0.3) is 22.4 Å². The van der Waals surface area contributed by atoms with E-state index in [9.17, 15) is 4.79 Å². The number of benzene rings is 2. The largest absolute Gasteiger partial charge is 0.419 e. The van der Waals surface area contributed by atoms with E-state index in [0.29, 0.717) is 12.1 Å². The average molecular weight is 334 g/mol. The summed E-state index contributed by atoms with van der Waals surface area (Å²) in [6.45, 7) is 0.634. The van der Waals surface area contributed by atoms with Crippen molar-refractivity contribution in [1.29, 1.82) is 0 Å². The molecule has 0 saturated heterocycles. The molecule has 2 aromatic carbocycles. The minimum Gasteiger partial charge on any atom is -0.408 e. The first-order chi connectivity index (χ1) is 12.1. The molecule has 0 fully saturated rings. The molecule has 0 bridgehead atoms. The third-order valence-electron chi connectivity index (χ3n) is 4.23. The van der Waals surface area contributed by atoms with Crippen LogP contribution in [0.15, 0.2) is 63.9 Å². The third-order valence-corrected chi connectivity index (χ3v) is 4.23. The van der Waals surface area contributed by atoms with Crippen molar-refractivity contribution in [3.8, 4) is 11.3 Å². The highest BCUT2D eigenvalue weighted by atomic mass is 16.4. The number of rotatable bonds is 4. The zero-order chi connectivity index (χ0) is 17.4. The van der Waals surface area contributed by atoms with Crippen LogP contribution in [0, 0.1) is 0 Å². The Morgan fingerprint density at radius 2 is 1.92 bits per heavy atom. The van der Waals surface area contributed by atoms with Crippen LogP contribution in [-0.2, 0) is 20.6 Å². The van der Waals surface area contributed by atoms with Crippen LogP contribution in [0.4, 0.5) is 5.69 Å². The van der Waals surface area contributed by atoms with Crippen molar-refractivity contribution < 1.29 is 4.42 Å². The quantitative estimate of drug-likeness (QED) is 0.623. The molecule has 4 rings (SSSR count). The highest BCUT2D eigenvalue weighted by molar-refractivity contribution is 5.77. The maximum absolute atomic E-state index is 11.6. The second kappa shape index (κ2) is 5.98. The number of nitrogens with zero attached hydrogens (tertiary/aromatic N) is 3. The molecule has 1 N–H and O–H groups in total. The second-order valence-corrected chi connectivity index (χ2v) is 6.01. The molecule has 0 aliphatic rings. The molecule has 4 aromatic rings. The van der Waals surface area contributed by atoms with Crippen LogP contribution >= 0.6 is 0 Å². The van der Waals surface area contributed by atoms with E-state index in [1.54, 1.807) is 13.1 Å². The number of aryl methyl sites for hydroxylation is 2. The van der Waals surface area contributed by atoms with Gasteiger partial charge in [-0.2, -0.15) is 5.10 Å². The van der Waals surface area contributed by atoms with E-state index in [-0.39, 0.29) is 5.76 Å². The maximum atomic E-state index is 11.6. The lowest BCUT2D eigenvalue weighted by atomic mass is 10.1. The summed E-state index contributed by atoms with van der Waals surface area (Å²) < 4.78 is 8.48. The number of oxazole rings is 1. The van der Waals surface area contributed by atoms with Gasteiger partial charge in [-0.15, -0.1) is 0 Å². The molecule has 25 heavy (non-hydrogen) atoms. The maximum Gasteiger partial charge on any atom is 0.419 e.